The summed E-state index contributed by atoms with van der Waals surface area (Å²) in [5.41, 5.74) is 5.53. The van der Waals surface area contributed by atoms with E-state index in [9.17, 15) is 9.90 Å². The van der Waals surface area contributed by atoms with Crippen LogP contribution in [0.15, 0.2) is 23.6 Å². The molecule has 0 saturated heterocycles. The van der Waals surface area contributed by atoms with Gasteiger partial charge < -0.3 is 20.9 Å². The Morgan fingerprint density at radius 1 is 1.61 bits per heavy atom. The molecule has 7 nitrogen and oxygen atoms in total. The summed E-state index contributed by atoms with van der Waals surface area (Å²) in [5, 5.41) is 21.0. The Bertz CT molecular complexity index is 459. The van der Waals surface area contributed by atoms with Gasteiger partial charge in [0.05, 0.1) is 18.3 Å². The fraction of sp³-hybridized carbons (Fsp3) is 0.364. The van der Waals surface area contributed by atoms with Crippen LogP contribution in [0.5, 0.6) is 5.75 Å². The molecule has 1 aromatic heterocycles. The molecular weight excluding hydrogens is 236 g/mol. The van der Waals surface area contributed by atoms with E-state index >= 15 is 0 Å². The number of aromatic nitrogens is 1. The maximum absolute atomic E-state index is 12.2. The van der Waals surface area contributed by atoms with Crippen molar-refractivity contribution in [2.75, 3.05) is 6.54 Å². The van der Waals surface area contributed by atoms with Crippen molar-refractivity contribution in [3.63, 3.8) is 0 Å². The number of carbonyl (C=O) groups is 1. The lowest BCUT2D eigenvalue weighted by Gasteiger charge is -2.26. The molecule has 0 atom stereocenters. The molecule has 18 heavy (non-hydrogen) atoms. The van der Waals surface area contributed by atoms with Crippen LogP contribution in [-0.4, -0.2) is 44.5 Å². The number of hydrogen-bond acceptors (Lipinski definition) is 5. The van der Waals surface area contributed by atoms with E-state index in [0.29, 0.717) is 0 Å². The van der Waals surface area contributed by atoms with Crippen molar-refractivity contribution in [3.8, 4) is 5.75 Å². The highest BCUT2D eigenvalue weighted by atomic mass is 16.4. The van der Waals surface area contributed by atoms with E-state index < -0.39 is 5.91 Å². The zero-order valence-electron chi connectivity index (χ0n) is 10.2. The second-order valence-electron chi connectivity index (χ2n) is 4.01. The van der Waals surface area contributed by atoms with E-state index in [2.05, 4.69) is 10.1 Å². The van der Waals surface area contributed by atoms with Crippen LogP contribution in [0.25, 0.3) is 0 Å². The van der Waals surface area contributed by atoms with Gasteiger partial charge in [0.1, 0.15) is 5.75 Å². The van der Waals surface area contributed by atoms with Crippen LogP contribution in [0.2, 0.25) is 0 Å². The predicted molar refractivity (Wildman–Crippen MR) is 65.5 cm³/mol. The van der Waals surface area contributed by atoms with Crippen LogP contribution < -0.4 is 5.73 Å². The molecule has 1 heterocycles. The van der Waals surface area contributed by atoms with Gasteiger partial charge in [-0.3, -0.25) is 9.78 Å². The highest BCUT2D eigenvalue weighted by Crippen LogP contribution is 2.17. The number of pyridine rings is 1. The van der Waals surface area contributed by atoms with E-state index in [-0.39, 0.29) is 29.7 Å². The number of nitrogens with zero attached hydrogens (tertiary/aromatic N) is 3. The molecule has 0 fully saturated rings. The van der Waals surface area contributed by atoms with Crippen LogP contribution >= 0.6 is 0 Å². The van der Waals surface area contributed by atoms with Gasteiger partial charge in [0.25, 0.3) is 5.91 Å². The molecule has 7 heteroatoms. The fourth-order valence-electron chi connectivity index (χ4n) is 1.42. The Kier molecular flexibility index (Phi) is 4.47. The van der Waals surface area contributed by atoms with E-state index in [0.717, 1.165) is 0 Å². The SMILES string of the molecule is CC(C)N(C/C(N)=N/O)C(=O)c1ccncc1O. The summed E-state index contributed by atoms with van der Waals surface area (Å²) in [6, 6.07) is 1.25. The molecule has 1 aromatic rings. The highest BCUT2D eigenvalue weighted by molar-refractivity contribution is 5.99. The zero-order chi connectivity index (χ0) is 13.7. The Morgan fingerprint density at radius 2 is 2.28 bits per heavy atom. The summed E-state index contributed by atoms with van der Waals surface area (Å²) in [7, 11) is 0. The third kappa shape index (κ3) is 3.09. The number of oxime groups is 1. The average molecular weight is 252 g/mol. The predicted octanol–water partition coefficient (Wildman–Crippen LogP) is 0.384. The summed E-state index contributed by atoms with van der Waals surface area (Å²) in [6.45, 7) is 3.57. The Morgan fingerprint density at radius 3 is 2.78 bits per heavy atom. The Hall–Kier alpha value is -2.31. The fourth-order valence-corrected chi connectivity index (χ4v) is 1.42. The average Bonchev–Trinajstić information content (AvgIpc) is 2.35. The molecule has 0 radical (unpaired) electrons. The smallest absolute Gasteiger partial charge is 0.258 e. The summed E-state index contributed by atoms with van der Waals surface area (Å²) >= 11 is 0. The lowest BCUT2D eigenvalue weighted by Crippen LogP contribution is -2.42. The second kappa shape index (κ2) is 5.85. The number of amidine groups is 1. The van der Waals surface area contributed by atoms with Gasteiger partial charge in [-0.1, -0.05) is 5.16 Å². The number of hydrogen-bond donors (Lipinski definition) is 3. The molecule has 1 amide bonds. The lowest BCUT2D eigenvalue weighted by molar-refractivity contribution is 0.0731. The standard InChI is InChI=1S/C11H16N4O3/c1-7(2)15(6-10(12)14-18)11(17)8-3-4-13-5-9(8)16/h3-5,7,16,18H,6H2,1-2H3,(H2,12,14). The third-order valence-electron chi connectivity index (χ3n) is 2.38. The van der Waals surface area contributed by atoms with E-state index in [1.54, 1.807) is 13.8 Å². The minimum Gasteiger partial charge on any atom is -0.505 e. The molecule has 0 unspecified atom stereocenters. The number of amides is 1. The van der Waals surface area contributed by atoms with Gasteiger partial charge in [-0.05, 0) is 19.9 Å². The number of nitrogens with two attached hydrogens (primary N) is 1. The Labute approximate surface area is 105 Å². The summed E-state index contributed by atoms with van der Waals surface area (Å²) in [6.07, 6.45) is 2.60. The molecule has 0 saturated carbocycles. The van der Waals surface area contributed by atoms with Gasteiger partial charge in [-0.15, -0.1) is 0 Å². The summed E-state index contributed by atoms with van der Waals surface area (Å²) in [5.74, 6) is -0.685. The maximum Gasteiger partial charge on any atom is 0.258 e. The zero-order valence-corrected chi connectivity index (χ0v) is 10.2. The van der Waals surface area contributed by atoms with Crippen molar-refractivity contribution in [2.24, 2.45) is 10.9 Å². The molecular formula is C11H16N4O3. The van der Waals surface area contributed by atoms with Crippen LogP contribution in [0.1, 0.15) is 24.2 Å². The van der Waals surface area contributed by atoms with E-state index in [1.165, 1.54) is 23.4 Å². The topological polar surface area (TPSA) is 112 Å². The molecule has 0 aliphatic heterocycles. The number of aromatic hydroxyl groups is 1. The van der Waals surface area contributed by atoms with Crippen LogP contribution in [0, 0.1) is 0 Å². The first-order valence-electron chi connectivity index (χ1n) is 5.37. The minimum atomic E-state index is -0.406. The Balaban J connectivity index is 3.01. The van der Waals surface area contributed by atoms with Crippen LogP contribution in [0.4, 0.5) is 0 Å². The van der Waals surface area contributed by atoms with E-state index in [1.807, 2.05) is 0 Å². The first kappa shape index (κ1) is 13.8. The van der Waals surface area contributed by atoms with Crippen LogP contribution in [-0.2, 0) is 0 Å². The van der Waals surface area contributed by atoms with Crippen molar-refractivity contribution in [1.29, 1.82) is 0 Å². The maximum atomic E-state index is 12.2. The highest BCUT2D eigenvalue weighted by Gasteiger charge is 2.22. The first-order chi connectivity index (χ1) is 8.47. The number of rotatable bonds is 4. The monoisotopic (exact) mass is 252 g/mol. The minimum absolute atomic E-state index is 0.0191. The second-order valence-corrected chi connectivity index (χ2v) is 4.01. The van der Waals surface area contributed by atoms with Crippen molar-refractivity contribution in [1.82, 2.24) is 9.88 Å². The molecule has 0 aromatic carbocycles. The van der Waals surface area contributed by atoms with Crippen LogP contribution in [0.3, 0.4) is 0 Å². The molecule has 98 valence electrons. The van der Waals surface area contributed by atoms with Crippen molar-refractivity contribution in [2.45, 2.75) is 19.9 Å². The summed E-state index contributed by atoms with van der Waals surface area (Å²) in [4.78, 5) is 17.3. The van der Waals surface area contributed by atoms with Gasteiger partial charge in [0.2, 0.25) is 0 Å². The third-order valence-corrected chi connectivity index (χ3v) is 2.38. The van der Waals surface area contributed by atoms with Crippen molar-refractivity contribution in [3.05, 3.63) is 24.0 Å². The first-order valence-corrected chi connectivity index (χ1v) is 5.37. The van der Waals surface area contributed by atoms with Gasteiger partial charge in [0.15, 0.2) is 5.84 Å². The molecule has 0 aliphatic carbocycles. The molecule has 0 bridgehead atoms. The molecule has 0 aliphatic rings. The normalized spacial score (nSPS) is 11.6. The van der Waals surface area contributed by atoms with E-state index in [4.69, 9.17) is 10.9 Å². The van der Waals surface area contributed by atoms with Gasteiger partial charge in [-0.2, -0.15) is 0 Å². The number of carbonyl (C=O) groups excluding carboxylic acids is 1. The lowest BCUT2D eigenvalue weighted by atomic mass is 10.2. The largest absolute Gasteiger partial charge is 0.505 e. The quantitative estimate of drug-likeness (QED) is 0.310. The van der Waals surface area contributed by atoms with Crippen molar-refractivity contribution < 1.29 is 15.1 Å². The molecule has 1 rings (SSSR count). The summed E-state index contributed by atoms with van der Waals surface area (Å²) < 4.78 is 0. The molecule has 0 spiro atoms. The van der Waals surface area contributed by atoms with Gasteiger partial charge >= 0.3 is 0 Å². The molecule has 4 N–H and O–H groups in total. The van der Waals surface area contributed by atoms with Gasteiger partial charge in [-0.25, -0.2) is 0 Å². The van der Waals surface area contributed by atoms with Crippen molar-refractivity contribution >= 4 is 11.7 Å². The van der Waals surface area contributed by atoms with Gasteiger partial charge in [0, 0.05) is 12.2 Å².